The number of ether oxygens (including phenoxy) is 3. The Morgan fingerprint density at radius 1 is 0.914 bits per heavy atom. The van der Waals surface area contributed by atoms with E-state index >= 15 is 0 Å². The molecule has 9 nitrogen and oxygen atoms in total. The van der Waals surface area contributed by atoms with E-state index in [1.54, 1.807) is 40.7 Å². The van der Waals surface area contributed by atoms with E-state index < -0.39 is 47.6 Å². The van der Waals surface area contributed by atoms with Crippen LogP contribution in [0.1, 0.15) is 72.8 Å². The molecule has 3 N–H and O–H groups in total. The number of aliphatic carboxylic acids is 1. The number of rotatable bonds is 13. The van der Waals surface area contributed by atoms with Crippen molar-refractivity contribution in [3.05, 3.63) is 23.8 Å². The molecule has 0 saturated carbocycles. The second-order valence-electron chi connectivity index (χ2n) is 9.63. The molecule has 196 valence electrons. The molecule has 4 atom stereocenters. The normalized spacial score (nSPS) is 14.7. The van der Waals surface area contributed by atoms with Crippen LogP contribution >= 0.6 is 0 Å². The van der Waals surface area contributed by atoms with Crippen molar-refractivity contribution in [2.45, 2.75) is 73.3 Å². The van der Waals surface area contributed by atoms with Gasteiger partial charge >= 0.3 is 23.9 Å². The van der Waals surface area contributed by atoms with E-state index in [9.17, 15) is 24.3 Å². The van der Waals surface area contributed by atoms with Gasteiger partial charge in [-0.2, -0.15) is 0 Å². The van der Waals surface area contributed by atoms with Crippen molar-refractivity contribution in [2.24, 2.45) is 29.4 Å². The first-order valence-electron chi connectivity index (χ1n) is 12.0. The zero-order valence-electron chi connectivity index (χ0n) is 21.7. The first kappa shape index (κ1) is 30.1. The zero-order valence-corrected chi connectivity index (χ0v) is 21.7. The lowest BCUT2D eigenvalue weighted by Crippen LogP contribution is -2.40. The molecular weight excluding hydrogens is 454 g/mol. The van der Waals surface area contributed by atoms with Crippen LogP contribution in [-0.4, -0.2) is 41.6 Å². The van der Waals surface area contributed by atoms with E-state index in [-0.39, 0.29) is 36.4 Å². The Balaban J connectivity index is 3.32. The van der Waals surface area contributed by atoms with Gasteiger partial charge in [-0.15, -0.1) is 0 Å². The number of nitrogens with two attached hydrogens (primary N) is 1. The quantitative estimate of drug-likeness (QED) is 0.309. The SMILES string of the molecule is CCC(C)CC(=O)OCC(C)C(c1ccc(OC(=O)C(C)C)c(OC(=O)C(C)C)c1)[C@H](N)C(=O)O. The predicted octanol–water partition coefficient (Wildman–Crippen LogP) is 3.92. The van der Waals surface area contributed by atoms with Crippen LogP contribution in [0.2, 0.25) is 0 Å². The van der Waals surface area contributed by atoms with Crippen LogP contribution in [0.25, 0.3) is 0 Å². The molecule has 1 aromatic carbocycles. The first-order valence-corrected chi connectivity index (χ1v) is 12.0. The Bertz CT molecular complexity index is 895. The van der Waals surface area contributed by atoms with Gasteiger partial charge in [-0.05, 0) is 29.5 Å². The second-order valence-corrected chi connectivity index (χ2v) is 9.63. The molecule has 1 aromatic rings. The summed E-state index contributed by atoms with van der Waals surface area (Å²) in [5, 5.41) is 9.63. The van der Waals surface area contributed by atoms with Gasteiger partial charge in [0.1, 0.15) is 6.04 Å². The average Bonchev–Trinajstić information content (AvgIpc) is 2.78. The zero-order chi connectivity index (χ0) is 26.9. The molecular formula is C26H39NO8. The Morgan fingerprint density at radius 2 is 1.46 bits per heavy atom. The van der Waals surface area contributed by atoms with Crippen molar-refractivity contribution in [2.75, 3.05) is 6.61 Å². The molecule has 0 saturated heterocycles. The smallest absolute Gasteiger partial charge is 0.321 e. The molecule has 35 heavy (non-hydrogen) atoms. The van der Waals surface area contributed by atoms with E-state index in [1.165, 1.54) is 12.1 Å². The number of hydrogen-bond donors (Lipinski definition) is 2. The van der Waals surface area contributed by atoms with Gasteiger partial charge < -0.3 is 25.1 Å². The van der Waals surface area contributed by atoms with Crippen LogP contribution in [0.4, 0.5) is 0 Å². The minimum absolute atomic E-state index is 0.0150. The van der Waals surface area contributed by atoms with Crippen molar-refractivity contribution in [1.29, 1.82) is 0 Å². The molecule has 3 unspecified atom stereocenters. The van der Waals surface area contributed by atoms with Gasteiger partial charge in [-0.25, -0.2) is 0 Å². The lowest BCUT2D eigenvalue weighted by atomic mass is 9.82. The summed E-state index contributed by atoms with van der Waals surface area (Å²) in [7, 11) is 0. The third kappa shape index (κ3) is 9.32. The number of carbonyl (C=O) groups is 4. The van der Waals surface area contributed by atoms with Crippen molar-refractivity contribution in [1.82, 2.24) is 0 Å². The maximum atomic E-state index is 12.3. The van der Waals surface area contributed by atoms with Gasteiger partial charge in [0.05, 0.1) is 18.4 Å². The van der Waals surface area contributed by atoms with Gasteiger partial charge in [0, 0.05) is 12.3 Å². The van der Waals surface area contributed by atoms with Crippen LogP contribution in [0.3, 0.4) is 0 Å². The number of carboxylic acid groups (broad SMARTS) is 1. The van der Waals surface area contributed by atoms with E-state index in [0.29, 0.717) is 5.56 Å². The summed E-state index contributed by atoms with van der Waals surface area (Å²) >= 11 is 0. The van der Waals surface area contributed by atoms with Crippen LogP contribution < -0.4 is 15.2 Å². The monoisotopic (exact) mass is 493 g/mol. The van der Waals surface area contributed by atoms with Crippen LogP contribution in [0, 0.1) is 23.7 Å². The van der Waals surface area contributed by atoms with E-state index in [0.717, 1.165) is 6.42 Å². The summed E-state index contributed by atoms with van der Waals surface area (Å²) in [5.74, 6) is -4.58. The van der Waals surface area contributed by atoms with Gasteiger partial charge in [0.2, 0.25) is 0 Å². The largest absolute Gasteiger partial charge is 0.480 e. The highest BCUT2D eigenvalue weighted by Gasteiger charge is 2.33. The molecule has 0 aliphatic carbocycles. The maximum absolute atomic E-state index is 12.3. The fourth-order valence-electron chi connectivity index (χ4n) is 3.21. The fraction of sp³-hybridized carbons (Fsp3) is 0.615. The van der Waals surface area contributed by atoms with Gasteiger partial charge in [0.15, 0.2) is 11.5 Å². The van der Waals surface area contributed by atoms with Crippen molar-refractivity contribution in [3.8, 4) is 11.5 Å². The summed E-state index contributed by atoms with van der Waals surface area (Å²) in [6.45, 7) is 12.3. The number of carboxylic acids is 1. The lowest BCUT2D eigenvalue weighted by Gasteiger charge is -2.28. The number of benzene rings is 1. The van der Waals surface area contributed by atoms with Crippen LogP contribution in [-0.2, 0) is 23.9 Å². The molecule has 0 aliphatic heterocycles. The summed E-state index contributed by atoms with van der Waals surface area (Å²) in [4.78, 5) is 48.4. The Labute approximate surface area is 207 Å². The summed E-state index contributed by atoms with van der Waals surface area (Å²) in [5.41, 5.74) is 6.47. The minimum atomic E-state index is -1.32. The molecule has 0 heterocycles. The molecule has 0 spiro atoms. The minimum Gasteiger partial charge on any atom is -0.480 e. The third-order valence-corrected chi connectivity index (χ3v) is 5.72. The summed E-state index contributed by atoms with van der Waals surface area (Å²) in [6, 6.07) is 3.15. The summed E-state index contributed by atoms with van der Waals surface area (Å²) < 4.78 is 16.2. The van der Waals surface area contributed by atoms with Crippen molar-refractivity contribution in [3.63, 3.8) is 0 Å². The van der Waals surface area contributed by atoms with Gasteiger partial charge in [0.25, 0.3) is 0 Å². The van der Waals surface area contributed by atoms with Crippen molar-refractivity contribution >= 4 is 23.9 Å². The van der Waals surface area contributed by atoms with Gasteiger partial charge in [-0.3, -0.25) is 19.2 Å². The second kappa shape index (κ2) is 13.8. The van der Waals surface area contributed by atoms with E-state index in [4.69, 9.17) is 19.9 Å². The summed E-state index contributed by atoms with van der Waals surface area (Å²) in [6.07, 6.45) is 1.10. The maximum Gasteiger partial charge on any atom is 0.321 e. The predicted molar refractivity (Wildman–Crippen MR) is 130 cm³/mol. The molecule has 0 amide bonds. The Hall–Kier alpha value is -2.94. The highest BCUT2D eigenvalue weighted by atomic mass is 16.6. The highest BCUT2D eigenvalue weighted by molar-refractivity contribution is 5.78. The van der Waals surface area contributed by atoms with E-state index in [1.807, 2.05) is 13.8 Å². The molecule has 0 aliphatic rings. The highest BCUT2D eigenvalue weighted by Crippen LogP contribution is 2.36. The average molecular weight is 494 g/mol. The van der Waals surface area contributed by atoms with Crippen LogP contribution in [0.5, 0.6) is 11.5 Å². The number of esters is 3. The molecule has 0 radical (unpaired) electrons. The molecule has 0 fully saturated rings. The number of hydrogen-bond acceptors (Lipinski definition) is 8. The van der Waals surface area contributed by atoms with Crippen LogP contribution in [0.15, 0.2) is 18.2 Å². The van der Waals surface area contributed by atoms with Crippen molar-refractivity contribution < 1.29 is 38.5 Å². The standard InChI is InChI=1S/C26H39NO8/c1-8-16(6)11-21(28)33-13-17(7)22(23(27)24(29)30)18-9-10-19(34-25(31)14(2)3)20(12-18)35-26(32)15(4)5/h9-10,12,14-17,22-23H,8,11,13,27H2,1-7H3,(H,29,30)/t16?,17?,22?,23-/m0/s1. The Kier molecular flexibility index (Phi) is 11.9. The lowest BCUT2D eigenvalue weighted by molar-refractivity contribution is -0.146. The molecule has 0 aromatic heterocycles. The fourth-order valence-corrected chi connectivity index (χ4v) is 3.21. The van der Waals surface area contributed by atoms with E-state index in [2.05, 4.69) is 0 Å². The Morgan fingerprint density at radius 3 is 1.94 bits per heavy atom. The molecule has 0 bridgehead atoms. The first-order chi connectivity index (χ1) is 16.3. The van der Waals surface area contributed by atoms with Gasteiger partial charge in [-0.1, -0.05) is 61.0 Å². The molecule has 1 rings (SSSR count). The number of carbonyl (C=O) groups excluding carboxylic acids is 3. The topological polar surface area (TPSA) is 142 Å². The molecule has 9 heteroatoms. The third-order valence-electron chi connectivity index (χ3n) is 5.72.